The van der Waals surface area contributed by atoms with Crippen molar-refractivity contribution in [2.24, 2.45) is 0 Å². The van der Waals surface area contributed by atoms with Gasteiger partial charge in [0.25, 0.3) is 0 Å². The summed E-state index contributed by atoms with van der Waals surface area (Å²) in [4.78, 5) is 15.4. The number of hydrogen-bond acceptors (Lipinski definition) is 4. The van der Waals surface area contributed by atoms with Crippen LogP contribution >= 0.6 is 0 Å². The molecule has 8 aromatic rings. The molecule has 0 saturated heterocycles. The van der Waals surface area contributed by atoms with Crippen molar-refractivity contribution in [2.75, 3.05) is 0 Å². The molecule has 9 rings (SSSR count). The Hall–Kier alpha value is -5.91. The fourth-order valence-corrected chi connectivity index (χ4v) is 9.93. The molecule has 5 heteroatoms. The summed E-state index contributed by atoms with van der Waals surface area (Å²) in [6.07, 6.45) is 0. The van der Waals surface area contributed by atoms with E-state index in [1.165, 1.54) is 21.6 Å². The first-order valence-electron chi connectivity index (χ1n) is 16.3. The van der Waals surface area contributed by atoms with Gasteiger partial charge in [-0.25, -0.2) is 15.0 Å². The lowest BCUT2D eigenvalue weighted by atomic mass is 9.97. The smallest absolute Gasteiger partial charge is 0.227 e. The van der Waals surface area contributed by atoms with Gasteiger partial charge in [-0.15, -0.1) is 0 Å². The van der Waals surface area contributed by atoms with Gasteiger partial charge in [-0.05, 0) is 69.4 Å². The SMILES string of the molecule is C[Si]1(C)c2ccccc2-c2c(-c3ccccc3)nc(-c3cccc(-c4cccc(-c5cccc(-c6nc7ccccc7o6)c5)c4)c3)nc21. The lowest BCUT2D eigenvalue weighted by Gasteiger charge is -2.19. The van der Waals surface area contributed by atoms with E-state index in [-0.39, 0.29) is 0 Å². The molecule has 0 spiro atoms. The number of oxazole rings is 1. The molecule has 1 aliphatic heterocycles. The highest BCUT2D eigenvalue weighted by atomic mass is 28.3. The Kier molecular flexibility index (Phi) is 6.56. The summed E-state index contributed by atoms with van der Waals surface area (Å²) in [5, 5.41) is 2.63. The van der Waals surface area contributed by atoms with Crippen LogP contribution in [0, 0.1) is 0 Å². The second-order valence-corrected chi connectivity index (χ2v) is 17.1. The maximum Gasteiger partial charge on any atom is 0.227 e. The van der Waals surface area contributed by atoms with Gasteiger partial charge in [0.15, 0.2) is 11.4 Å². The predicted molar refractivity (Wildman–Crippen MR) is 199 cm³/mol. The Balaban J connectivity index is 1.12. The van der Waals surface area contributed by atoms with Crippen LogP contribution in [0.4, 0.5) is 0 Å². The van der Waals surface area contributed by atoms with Crippen LogP contribution in [0.2, 0.25) is 13.1 Å². The van der Waals surface area contributed by atoms with Gasteiger partial charge in [-0.1, -0.05) is 128 Å². The third kappa shape index (κ3) is 4.71. The van der Waals surface area contributed by atoms with E-state index >= 15 is 0 Å². The Morgan fingerprint density at radius 1 is 0.479 bits per heavy atom. The summed E-state index contributed by atoms with van der Waals surface area (Å²) in [5.74, 6) is 1.39. The Bertz CT molecular complexity index is 2470. The molecule has 3 heterocycles. The van der Waals surface area contributed by atoms with Crippen LogP contribution in [0.25, 0.3) is 78.6 Å². The predicted octanol–water partition coefficient (Wildman–Crippen LogP) is 9.76. The Labute approximate surface area is 280 Å². The summed E-state index contributed by atoms with van der Waals surface area (Å²) in [5.41, 5.74) is 12.7. The number of benzene rings is 6. The van der Waals surface area contributed by atoms with Crippen molar-refractivity contribution in [1.29, 1.82) is 0 Å². The van der Waals surface area contributed by atoms with Crippen LogP contribution < -0.4 is 10.5 Å². The largest absolute Gasteiger partial charge is 0.436 e. The number of nitrogens with zero attached hydrogens (tertiary/aromatic N) is 3. The topological polar surface area (TPSA) is 51.8 Å². The third-order valence-electron chi connectivity index (χ3n) is 9.47. The fourth-order valence-electron chi connectivity index (χ4n) is 7.02. The number of para-hydroxylation sites is 2. The zero-order chi connectivity index (χ0) is 32.2. The van der Waals surface area contributed by atoms with Gasteiger partial charge >= 0.3 is 0 Å². The maximum atomic E-state index is 6.07. The van der Waals surface area contributed by atoms with Crippen molar-refractivity contribution in [1.82, 2.24) is 15.0 Å². The molecule has 1 aliphatic rings. The van der Waals surface area contributed by atoms with Crippen molar-refractivity contribution >= 4 is 29.7 Å². The van der Waals surface area contributed by atoms with Gasteiger partial charge in [0.1, 0.15) is 13.6 Å². The van der Waals surface area contributed by atoms with Crippen LogP contribution in [-0.4, -0.2) is 23.0 Å². The molecule has 48 heavy (non-hydrogen) atoms. The van der Waals surface area contributed by atoms with E-state index in [9.17, 15) is 0 Å². The quantitative estimate of drug-likeness (QED) is 0.177. The van der Waals surface area contributed by atoms with Gasteiger partial charge in [0.2, 0.25) is 5.89 Å². The molecule has 6 aromatic carbocycles. The van der Waals surface area contributed by atoms with Crippen LogP contribution in [0.15, 0.2) is 156 Å². The van der Waals surface area contributed by atoms with Crippen molar-refractivity contribution < 1.29 is 4.42 Å². The average Bonchev–Trinajstić information content (AvgIpc) is 3.69. The van der Waals surface area contributed by atoms with E-state index in [0.717, 1.165) is 61.6 Å². The molecular formula is C43H31N3OSi. The second-order valence-electron chi connectivity index (χ2n) is 12.9. The Morgan fingerprint density at radius 2 is 1.04 bits per heavy atom. The monoisotopic (exact) mass is 633 g/mol. The Morgan fingerprint density at radius 3 is 1.77 bits per heavy atom. The van der Waals surface area contributed by atoms with E-state index in [2.05, 4.69) is 134 Å². The van der Waals surface area contributed by atoms with Crippen molar-refractivity contribution in [3.8, 4) is 67.5 Å². The van der Waals surface area contributed by atoms with Crippen LogP contribution in [0.3, 0.4) is 0 Å². The van der Waals surface area contributed by atoms with Crippen molar-refractivity contribution in [3.63, 3.8) is 0 Å². The molecule has 0 bridgehead atoms. The molecule has 0 unspecified atom stereocenters. The standard InChI is InChI=1S/C43H31N3OSi/c1-48(2)38-24-9-6-21-35(38)39-40(28-13-4-3-5-14-28)45-41(46-43(39)48)33-19-11-17-31(26-33)29-15-10-16-30(25-29)32-18-12-20-34(27-32)42-44-36-22-7-8-23-37(36)47-42/h3-27H,1-2H3. The minimum absolute atomic E-state index is 0.625. The minimum atomic E-state index is -2.03. The van der Waals surface area contributed by atoms with E-state index in [1.54, 1.807) is 0 Å². The van der Waals surface area contributed by atoms with Gasteiger partial charge in [-0.2, -0.15) is 0 Å². The molecule has 0 aliphatic carbocycles. The highest BCUT2D eigenvalue weighted by Gasteiger charge is 2.41. The number of aromatic nitrogens is 3. The lowest BCUT2D eigenvalue weighted by molar-refractivity contribution is 0.620. The summed E-state index contributed by atoms with van der Waals surface area (Å²) in [7, 11) is -2.03. The van der Waals surface area contributed by atoms with Gasteiger partial charge in [0, 0.05) is 27.6 Å². The summed E-state index contributed by atoms with van der Waals surface area (Å²) in [6, 6.07) is 52.9. The van der Waals surface area contributed by atoms with Crippen LogP contribution in [0.5, 0.6) is 0 Å². The molecule has 4 nitrogen and oxygen atoms in total. The maximum absolute atomic E-state index is 6.07. The van der Waals surface area contributed by atoms with E-state index in [4.69, 9.17) is 19.4 Å². The van der Waals surface area contributed by atoms with E-state index < -0.39 is 8.07 Å². The number of rotatable bonds is 5. The molecule has 0 atom stereocenters. The summed E-state index contributed by atoms with van der Waals surface area (Å²) in [6.45, 7) is 4.81. The molecule has 0 fully saturated rings. The average molecular weight is 634 g/mol. The number of hydrogen-bond donors (Lipinski definition) is 0. The van der Waals surface area contributed by atoms with Crippen molar-refractivity contribution in [2.45, 2.75) is 13.1 Å². The highest BCUT2D eigenvalue weighted by molar-refractivity contribution is 7.03. The van der Waals surface area contributed by atoms with Gasteiger partial charge in [-0.3, -0.25) is 0 Å². The van der Waals surface area contributed by atoms with Gasteiger partial charge < -0.3 is 4.42 Å². The second kappa shape index (κ2) is 11.1. The van der Waals surface area contributed by atoms with E-state index in [1.807, 2.05) is 30.3 Å². The fraction of sp³-hybridized carbons (Fsp3) is 0.0465. The first-order chi connectivity index (χ1) is 23.5. The van der Waals surface area contributed by atoms with Gasteiger partial charge in [0.05, 0.1) is 5.69 Å². The first kappa shape index (κ1) is 28.3. The van der Waals surface area contributed by atoms with Crippen LogP contribution in [0.1, 0.15) is 0 Å². The molecule has 228 valence electrons. The molecule has 0 N–H and O–H groups in total. The third-order valence-corrected chi connectivity index (χ3v) is 12.8. The molecule has 0 radical (unpaired) electrons. The van der Waals surface area contributed by atoms with Crippen molar-refractivity contribution in [3.05, 3.63) is 152 Å². The first-order valence-corrected chi connectivity index (χ1v) is 19.3. The summed E-state index contributed by atoms with van der Waals surface area (Å²) < 4.78 is 6.07. The summed E-state index contributed by atoms with van der Waals surface area (Å²) >= 11 is 0. The molecule has 0 saturated carbocycles. The zero-order valence-electron chi connectivity index (χ0n) is 26.7. The van der Waals surface area contributed by atoms with Crippen LogP contribution in [-0.2, 0) is 0 Å². The normalized spacial score (nSPS) is 13.0. The highest BCUT2D eigenvalue weighted by Crippen LogP contribution is 2.37. The lowest BCUT2D eigenvalue weighted by Crippen LogP contribution is -2.50. The molecule has 0 amide bonds. The van der Waals surface area contributed by atoms with E-state index in [0.29, 0.717) is 5.89 Å². The number of fused-ring (bicyclic) bond motifs is 4. The molecular weight excluding hydrogens is 603 g/mol. The zero-order valence-corrected chi connectivity index (χ0v) is 27.7. The molecule has 2 aromatic heterocycles. The minimum Gasteiger partial charge on any atom is -0.436 e.